The van der Waals surface area contributed by atoms with Crippen molar-refractivity contribution < 1.29 is 0 Å². The fraction of sp³-hybridized carbons (Fsp3) is 0.364. The Morgan fingerprint density at radius 3 is 2.60 bits per heavy atom. The predicted octanol–water partition coefficient (Wildman–Crippen LogP) is 3.54. The van der Waals surface area contributed by atoms with Gasteiger partial charge in [-0.15, -0.1) is 0 Å². The van der Waals surface area contributed by atoms with Crippen molar-refractivity contribution in [3.63, 3.8) is 0 Å². The monoisotopic (exact) mass is 286 g/mol. The van der Waals surface area contributed by atoms with Gasteiger partial charge in [0, 0.05) is 16.7 Å². The van der Waals surface area contributed by atoms with E-state index in [1.165, 1.54) is 6.42 Å². The van der Waals surface area contributed by atoms with E-state index in [1.54, 1.807) is 0 Å². The van der Waals surface area contributed by atoms with Crippen LogP contribution < -0.4 is 10.6 Å². The second-order valence-electron chi connectivity index (χ2n) is 3.24. The molecule has 0 aromatic heterocycles. The molecule has 0 bridgehead atoms. The lowest BCUT2D eigenvalue weighted by atomic mass is 10.3. The van der Waals surface area contributed by atoms with Crippen molar-refractivity contribution in [2.24, 2.45) is 0 Å². The largest absolute Gasteiger partial charge is 0.362 e. The number of halogens is 1. The van der Waals surface area contributed by atoms with Crippen molar-refractivity contribution >= 4 is 38.9 Å². The summed E-state index contributed by atoms with van der Waals surface area (Å²) in [5.74, 6) is 0. The first kappa shape index (κ1) is 12.5. The number of benzene rings is 1. The highest BCUT2D eigenvalue weighted by Gasteiger charge is 1.96. The van der Waals surface area contributed by atoms with Gasteiger partial charge in [0.15, 0.2) is 5.11 Å². The average molecular weight is 287 g/mol. The van der Waals surface area contributed by atoms with Crippen LogP contribution in [0.15, 0.2) is 28.7 Å². The van der Waals surface area contributed by atoms with E-state index in [0.717, 1.165) is 23.1 Å². The van der Waals surface area contributed by atoms with E-state index in [-0.39, 0.29) is 0 Å². The minimum Gasteiger partial charge on any atom is -0.362 e. The zero-order chi connectivity index (χ0) is 11.1. The van der Waals surface area contributed by atoms with Crippen LogP contribution in [0.1, 0.15) is 19.8 Å². The van der Waals surface area contributed by atoms with Crippen LogP contribution in [-0.2, 0) is 0 Å². The highest BCUT2D eigenvalue weighted by molar-refractivity contribution is 9.10. The number of thiocarbonyl (C=S) groups is 1. The predicted molar refractivity (Wildman–Crippen MR) is 73.3 cm³/mol. The molecular formula is C11H15BrN2S. The Hall–Kier alpha value is -0.610. The molecule has 0 spiro atoms. The Kier molecular flexibility index (Phi) is 5.65. The minimum absolute atomic E-state index is 0.686. The lowest BCUT2D eigenvalue weighted by molar-refractivity contribution is 0.758. The highest BCUT2D eigenvalue weighted by Crippen LogP contribution is 2.13. The van der Waals surface area contributed by atoms with Gasteiger partial charge in [0.2, 0.25) is 0 Å². The maximum atomic E-state index is 5.15. The standard InChI is InChI=1S/C11H15BrN2S/c1-2-3-8-13-11(15)14-10-6-4-9(12)5-7-10/h4-7H,2-3,8H2,1H3,(H2,13,14,15). The van der Waals surface area contributed by atoms with E-state index < -0.39 is 0 Å². The molecule has 0 fully saturated rings. The average Bonchev–Trinajstić information content (AvgIpc) is 2.22. The summed E-state index contributed by atoms with van der Waals surface area (Å²) in [6, 6.07) is 7.93. The number of rotatable bonds is 4. The maximum Gasteiger partial charge on any atom is 0.170 e. The summed E-state index contributed by atoms with van der Waals surface area (Å²) < 4.78 is 1.07. The van der Waals surface area contributed by atoms with Gasteiger partial charge in [-0.2, -0.15) is 0 Å². The molecule has 1 aromatic carbocycles. The smallest absolute Gasteiger partial charge is 0.170 e. The van der Waals surface area contributed by atoms with E-state index in [4.69, 9.17) is 12.2 Å². The Morgan fingerprint density at radius 1 is 1.33 bits per heavy atom. The Balaban J connectivity index is 2.34. The number of hydrogen-bond donors (Lipinski definition) is 2. The van der Waals surface area contributed by atoms with Gasteiger partial charge in [-0.05, 0) is 42.9 Å². The third-order valence-corrected chi connectivity index (χ3v) is 2.69. The van der Waals surface area contributed by atoms with Crippen molar-refractivity contribution in [3.05, 3.63) is 28.7 Å². The third-order valence-electron chi connectivity index (χ3n) is 1.92. The Morgan fingerprint density at radius 2 is 2.00 bits per heavy atom. The molecule has 0 saturated heterocycles. The van der Waals surface area contributed by atoms with Gasteiger partial charge in [-0.3, -0.25) is 0 Å². The summed E-state index contributed by atoms with van der Waals surface area (Å²) in [7, 11) is 0. The molecule has 0 aliphatic rings. The molecule has 15 heavy (non-hydrogen) atoms. The Bertz CT molecular complexity index is 311. The van der Waals surface area contributed by atoms with Crippen LogP contribution in [0.25, 0.3) is 0 Å². The molecule has 0 unspecified atom stereocenters. The number of unbranched alkanes of at least 4 members (excludes halogenated alkanes) is 1. The topological polar surface area (TPSA) is 24.1 Å². The number of anilines is 1. The van der Waals surface area contributed by atoms with Crippen molar-refractivity contribution in [1.29, 1.82) is 0 Å². The van der Waals surface area contributed by atoms with Crippen LogP contribution in [0.5, 0.6) is 0 Å². The number of hydrogen-bond acceptors (Lipinski definition) is 1. The van der Waals surface area contributed by atoms with Gasteiger partial charge < -0.3 is 10.6 Å². The normalized spacial score (nSPS) is 9.73. The second kappa shape index (κ2) is 6.80. The maximum absolute atomic E-state index is 5.15. The van der Waals surface area contributed by atoms with Crippen molar-refractivity contribution in [2.75, 3.05) is 11.9 Å². The fourth-order valence-corrected chi connectivity index (χ4v) is 1.57. The molecule has 0 saturated carbocycles. The fourth-order valence-electron chi connectivity index (χ4n) is 1.09. The molecule has 0 heterocycles. The van der Waals surface area contributed by atoms with E-state index in [1.807, 2.05) is 24.3 Å². The van der Waals surface area contributed by atoms with E-state index >= 15 is 0 Å². The van der Waals surface area contributed by atoms with Crippen molar-refractivity contribution in [3.8, 4) is 0 Å². The van der Waals surface area contributed by atoms with Gasteiger partial charge in [-0.25, -0.2) is 0 Å². The minimum atomic E-state index is 0.686. The summed E-state index contributed by atoms with van der Waals surface area (Å²) in [6.45, 7) is 3.09. The zero-order valence-corrected chi connectivity index (χ0v) is 11.1. The first-order chi connectivity index (χ1) is 7.22. The lowest BCUT2D eigenvalue weighted by Gasteiger charge is -2.09. The molecule has 0 amide bonds. The van der Waals surface area contributed by atoms with Gasteiger partial charge in [0.25, 0.3) is 0 Å². The third kappa shape index (κ3) is 5.14. The molecule has 0 atom stereocenters. The summed E-state index contributed by atoms with van der Waals surface area (Å²) in [4.78, 5) is 0. The molecular weight excluding hydrogens is 272 g/mol. The van der Waals surface area contributed by atoms with Gasteiger partial charge in [0.1, 0.15) is 0 Å². The van der Waals surface area contributed by atoms with Gasteiger partial charge in [0.05, 0.1) is 0 Å². The van der Waals surface area contributed by atoms with E-state index in [0.29, 0.717) is 5.11 Å². The molecule has 2 nitrogen and oxygen atoms in total. The van der Waals surface area contributed by atoms with Crippen molar-refractivity contribution in [1.82, 2.24) is 5.32 Å². The van der Waals surface area contributed by atoms with Crippen molar-refractivity contribution in [2.45, 2.75) is 19.8 Å². The zero-order valence-electron chi connectivity index (χ0n) is 8.72. The van der Waals surface area contributed by atoms with E-state index in [2.05, 4.69) is 33.5 Å². The molecule has 4 heteroatoms. The summed E-state index contributed by atoms with van der Waals surface area (Å²) in [5, 5.41) is 6.97. The summed E-state index contributed by atoms with van der Waals surface area (Å²) >= 11 is 8.53. The molecule has 0 aliphatic carbocycles. The summed E-state index contributed by atoms with van der Waals surface area (Å²) in [6.07, 6.45) is 2.32. The van der Waals surface area contributed by atoms with Gasteiger partial charge in [-0.1, -0.05) is 29.3 Å². The van der Waals surface area contributed by atoms with E-state index in [9.17, 15) is 0 Å². The van der Waals surface area contributed by atoms with Crippen LogP contribution in [0.3, 0.4) is 0 Å². The molecule has 0 radical (unpaired) electrons. The Labute approximate surface area is 105 Å². The lowest BCUT2D eigenvalue weighted by Crippen LogP contribution is -2.29. The molecule has 1 aromatic rings. The van der Waals surface area contributed by atoms with Crippen LogP contribution in [0, 0.1) is 0 Å². The quantitative estimate of drug-likeness (QED) is 0.654. The summed E-state index contributed by atoms with van der Waals surface area (Å²) in [5.41, 5.74) is 1.01. The molecule has 2 N–H and O–H groups in total. The molecule has 82 valence electrons. The second-order valence-corrected chi connectivity index (χ2v) is 4.57. The highest BCUT2D eigenvalue weighted by atomic mass is 79.9. The number of nitrogens with one attached hydrogen (secondary N) is 2. The first-order valence-electron chi connectivity index (χ1n) is 5.03. The first-order valence-corrected chi connectivity index (χ1v) is 6.23. The van der Waals surface area contributed by atoms with Crippen LogP contribution in [0.2, 0.25) is 0 Å². The molecule has 1 rings (SSSR count). The van der Waals surface area contributed by atoms with Crippen LogP contribution >= 0.6 is 28.1 Å². The van der Waals surface area contributed by atoms with Crippen LogP contribution in [-0.4, -0.2) is 11.7 Å². The van der Waals surface area contributed by atoms with Gasteiger partial charge >= 0.3 is 0 Å². The van der Waals surface area contributed by atoms with Crippen LogP contribution in [0.4, 0.5) is 5.69 Å². The SMILES string of the molecule is CCCCNC(=S)Nc1ccc(Br)cc1. The molecule has 0 aliphatic heterocycles.